The Morgan fingerprint density at radius 1 is 1.21 bits per heavy atom. The molecule has 5 nitrogen and oxygen atoms in total. The lowest BCUT2D eigenvalue weighted by Crippen LogP contribution is -2.31. The van der Waals surface area contributed by atoms with Gasteiger partial charge in [0.1, 0.15) is 11.3 Å². The number of hydrogen-bond acceptors (Lipinski definition) is 3. The van der Waals surface area contributed by atoms with Crippen LogP contribution in [-0.2, 0) is 6.42 Å². The van der Waals surface area contributed by atoms with Gasteiger partial charge in [-0.15, -0.1) is 0 Å². The Kier molecular flexibility index (Phi) is 3.90. The molecular formula is C23H22N2O3. The third-order valence-corrected chi connectivity index (χ3v) is 5.77. The third-order valence-electron chi connectivity index (χ3n) is 5.77. The summed E-state index contributed by atoms with van der Waals surface area (Å²) in [5, 5.41) is 5.34. The quantitative estimate of drug-likeness (QED) is 0.528. The molecule has 5 heteroatoms. The van der Waals surface area contributed by atoms with Gasteiger partial charge >= 0.3 is 0 Å². The molecule has 0 unspecified atom stereocenters. The maximum Gasteiger partial charge on any atom is 0.287 e. The number of nitrogens with one attached hydrogen (secondary N) is 2. The first-order valence-electron chi connectivity index (χ1n) is 9.63. The Hall–Kier alpha value is -3.21. The summed E-state index contributed by atoms with van der Waals surface area (Å²) in [6.45, 7) is 1.93. The second-order valence-corrected chi connectivity index (χ2v) is 7.40. The van der Waals surface area contributed by atoms with Crippen LogP contribution in [0, 0.1) is 6.92 Å². The van der Waals surface area contributed by atoms with Crippen LogP contribution >= 0.6 is 0 Å². The average molecular weight is 374 g/mol. The molecule has 4 aromatic rings. The Labute approximate surface area is 162 Å². The van der Waals surface area contributed by atoms with Gasteiger partial charge in [0.2, 0.25) is 0 Å². The van der Waals surface area contributed by atoms with Crippen LogP contribution in [0.2, 0.25) is 0 Å². The molecule has 1 atom stereocenters. The minimum absolute atomic E-state index is 0.0535. The van der Waals surface area contributed by atoms with E-state index in [2.05, 4.69) is 16.4 Å². The molecule has 5 rings (SSSR count). The molecule has 0 aliphatic heterocycles. The molecule has 0 fully saturated rings. The Bertz CT molecular complexity index is 1200. The predicted octanol–water partition coefficient (Wildman–Crippen LogP) is 5.04. The first kappa shape index (κ1) is 16.9. The number of furan rings is 1. The number of H-pyrrole nitrogens is 1. The summed E-state index contributed by atoms with van der Waals surface area (Å²) in [6, 6.07) is 13.8. The summed E-state index contributed by atoms with van der Waals surface area (Å²) in [6.07, 6.45) is 2.93. The van der Waals surface area contributed by atoms with Crippen molar-refractivity contribution in [1.82, 2.24) is 10.3 Å². The van der Waals surface area contributed by atoms with Crippen LogP contribution in [-0.4, -0.2) is 18.0 Å². The fourth-order valence-corrected chi connectivity index (χ4v) is 4.33. The van der Waals surface area contributed by atoms with Gasteiger partial charge in [0.05, 0.1) is 13.2 Å². The fourth-order valence-electron chi connectivity index (χ4n) is 4.33. The van der Waals surface area contributed by atoms with Crippen LogP contribution in [0.4, 0.5) is 0 Å². The van der Waals surface area contributed by atoms with E-state index >= 15 is 0 Å². The molecule has 0 saturated carbocycles. The van der Waals surface area contributed by atoms with Crippen molar-refractivity contribution >= 4 is 27.8 Å². The van der Waals surface area contributed by atoms with Crippen LogP contribution in [0.3, 0.4) is 0 Å². The summed E-state index contributed by atoms with van der Waals surface area (Å²) < 4.78 is 11.2. The van der Waals surface area contributed by atoms with Crippen molar-refractivity contribution in [2.45, 2.75) is 32.2 Å². The van der Waals surface area contributed by atoms with Crippen molar-refractivity contribution in [3.63, 3.8) is 0 Å². The second kappa shape index (κ2) is 6.44. The van der Waals surface area contributed by atoms with Crippen molar-refractivity contribution in [3.05, 3.63) is 65.0 Å². The van der Waals surface area contributed by atoms with Gasteiger partial charge in [0, 0.05) is 27.5 Å². The Morgan fingerprint density at radius 2 is 2.07 bits per heavy atom. The van der Waals surface area contributed by atoms with Gasteiger partial charge in [-0.05, 0) is 56.0 Å². The standard InChI is InChI=1S/C23H22N2O3/c1-13-15-6-3-4-9-20(15)28-22(13)23(26)25-19-8-5-7-16-17-12-14(27-2)10-11-18(17)24-21(16)19/h3-4,6,9-12,19,24H,5,7-8H2,1-2H3,(H,25,26)/t19-/m0/s1. The number of methoxy groups -OCH3 is 1. The molecule has 142 valence electrons. The summed E-state index contributed by atoms with van der Waals surface area (Å²) in [5.74, 6) is 1.08. The highest BCUT2D eigenvalue weighted by atomic mass is 16.5. The predicted molar refractivity (Wildman–Crippen MR) is 109 cm³/mol. The van der Waals surface area contributed by atoms with Gasteiger partial charge in [-0.3, -0.25) is 4.79 Å². The molecule has 28 heavy (non-hydrogen) atoms. The van der Waals surface area contributed by atoms with E-state index < -0.39 is 0 Å². The van der Waals surface area contributed by atoms with Gasteiger partial charge in [0.25, 0.3) is 5.91 Å². The summed E-state index contributed by atoms with van der Waals surface area (Å²) in [5.41, 5.74) is 5.06. The van der Waals surface area contributed by atoms with Gasteiger partial charge in [-0.1, -0.05) is 18.2 Å². The fraction of sp³-hybridized carbons (Fsp3) is 0.261. The lowest BCUT2D eigenvalue weighted by Gasteiger charge is -2.23. The van der Waals surface area contributed by atoms with Crippen molar-refractivity contribution in [2.75, 3.05) is 7.11 Å². The number of ether oxygens (including phenoxy) is 1. The molecule has 2 aromatic heterocycles. The number of carbonyl (C=O) groups excluding carboxylic acids is 1. The second-order valence-electron chi connectivity index (χ2n) is 7.40. The molecule has 0 saturated heterocycles. The van der Waals surface area contributed by atoms with Crippen molar-refractivity contribution in [2.24, 2.45) is 0 Å². The number of aromatic amines is 1. The van der Waals surface area contributed by atoms with Crippen LogP contribution in [0.15, 0.2) is 46.9 Å². The van der Waals surface area contributed by atoms with E-state index in [1.807, 2.05) is 43.3 Å². The van der Waals surface area contributed by atoms with E-state index in [1.165, 1.54) is 10.9 Å². The highest BCUT2D eigenvalue weighted by Gasteiger charge is 2.28. The summed E-state index contributed by atoms with van der Waals surface area (Å²) in [7, 11) is 1.68. The number of para-hydroxylation sites is 1. The van der Waals surface area contributed by atoms with Crippen LogP contribution in [0.25, 0.3) is 21.9 Å². The zero-order valence-electron chi connectivity index (χ0n) is 16.0. The molecule has 2 aromatic carbocycles. The lowest BCUT2D eigenvalue weighted by molar-refractivity contribution is 0.0905. The highest BCUT2D eigenvalue weighted by Crippen LogP contribution is 2.36. The van der Waals surface area contributed by atoms with Gasteiger partial charge in [-0.25, -0.2) is 0 Å². The third kappa shape index (κ3) is 2.58. The summed E-state index contributed by atoms with van der Waals surface area (Å²) in [4.78, 5) is 16.5. The maximum atomic E-state index is 13.0. The first-order valence-corrected chi connectivity index (χ1v) is 9.63. The Balaban J connectivity index is 1.49. The van der Waals surface area contributed by atoms with E-state index in [1.54, 1.807) is 7.11 Å². The number of amides is 1. The first-order chi connectivity index (χ1) is 13.7. The van der Waals surface area contributed by atoms with Crippen LogP contribution in [0.5, 0.6) is 5.75 Å². The molecular weight excluding hydrogens is 352 g/mol. The summed E-state index contributed by atoms with van der Waals surface area (Å²) >= 11 is 0. The van der Waals surface area contributed by atoms with Gasteiger partial charge < -0.3 is 19.5 Å². The maximum absolute atomic E-state index is 13.0. The highest BCUT2D eigenvalue weighted by molar-refractivity contribution is 5.99. The number of hydrogen-bond donors (Lipinski definition) is 2. The number of rotatable bonds is 3. The van der Waals surface area contributed by atoms with Crippen molar-refractivity contribution in [3.8, 4) is 5.75 Å². The molecule has 0 bridgehead atoms. The van der Waals surface area contributed by atoms with E-state index in [0.717, 1.165) is 52.8 Å². The van der Waals surface area contributed by atoms with Gasteiger partial charge in [-0.2, -0.15) is 0 Å². The minimum atomic E-state index is -0.164. The number of aromatic nitrogens is 1. The molecule has 2 heterocycles. The largest absolute Gasteiger partial charge is 0.497 e. The monoisotopic (exact) mass is 374 g/mol. The average Bonchev–Trinajstić information content (AvgIpc) is 3.26. The van der Waals surface area contributed by atoms with Crippen molar-refractivity contribution in [1.29, 1.82) is 0 Å². The molecule has 0 radical (unpaired) electrons. The lowest BCUT2D eigenvalue weighted by atomic mass is 9.91. The number of benzene rings is 2. The molecule has 0 spiro atoms. The SMILES string of the molecule is COc1ccc2[nH]c3c(c2c1)CCC[C@@H]3NC(=O)c1oc2ccccc2c1C. The van der Waals surface area contributed by atoms with E-state index in [0.29, 0.717) is 5.76 Å². The van der Waals surface area contributed by atoms with E-state index in [-0.39, 0.29) is 11.9 Å². The topological polar surface area (TPSA) is 67.3 Å². The minimum Gasteiger partial charge on any atom is -0.497 e. The molecule has 1 amide bonds. The van der Waals surface area contributed by atoms with Crippen LogP contribution < -0.4 is 10.1 Å². The Morgan fingerprint density at radius 3 is 2.89 bits per heavy atom. The smallest absolute Gasteiger partial charge is 0.287 e. The van der Waals surface area contributed by atoms with Gasteiger partial charge in [0.15, 0.2) is 5.76 Å². The normalized spacial score (nSPS) is 16.3. The molecule has 2 N–H and O–H groups in total. The number of aryl methyl sites for hydroxylation is 2. The van der Waals surface area contributed by atoms with Crippen LogP contribution in [0.1, 0.15) is 46.3 Å². The van der Waals surface area contributed by atoms with E-state index in [9.17, 15) is 4.79 Å². The van der Waals surface area contributed by atoms with Crippen molar-refractivity contribution < 1.29 is 13.9 Å². The number of carbonyl (C=O) groups is 1. The number of fused-ring (bicyclic) bond motifs is 4. The molecule has 1 aliphatic carbocycles. The zero-order valence-corrected chi connectivity index (χ0v) is 16.0. The van der Waals surface area contributed by atoms with E-state index in [4.69, 9.17) is 9.15 Å². The zero-order chi connectivity index (χ0) is 19.3. The molecule has 1 aliphatic rings.